The second-order valence-corrected chi connectivity index (χ2v) is 5.65. The van der Waals surface area contributed by atoms with Gasteiger partial charge in [0.2, 0.25) is 0 Å². The van der Waals surface area contributed by atoms with Crippen LogP contribution in [0.5, 0.6) is 0 Å². The van der Waals surface area contributed by atoms with E-state index in [1.807, 2.05) is 0 Å². The summed E-state index contributed by atoms with van der Waals surface area (Å²) in [5, 5.41) is 11.1. The van der Waals surface area contributed by atoms with Gasteiger partial charge in [0.05, 0.1) is 5.60 Å². The van der Waals surface area contributed by atoms with Crippen molar-refractivity contribution in [2.24, 2.45) is 0 Å². The second-order valence-electron chi connectivity index (χ2n) is 5.21. The van der Waals surface area contributed by atoms with Crippen LogP contribution >= 0.6 is 11.6 Å². The molecule has 0 radical (unpaired) electrons. The van der Waals surface area contributed by atoms with Crippen LogP contribution < -0.4 is 0 Å². The topological polar surface area (TPSA) is 20.2 Å². The first-order valence-corrected chi connectivity index (χ1v) is 6.81. The van der Waals surface area contributed by atoms with E-state index in [0.717, 1.165) is 0 Å². The van der Waals surface area contributed by atoms with Crippen LogP contribution in [0.25, 0.3) is 0 Å². The van der Waals surface area contributed by atoms with Crippen molar-refractivity contribution in [3.05, 3.63) is 69.7 Å². The number of hydrogen-bond acceptors (Lipinski definition) is 1. The lowest BCUT2D eigenvalue weighted by Crippen LogP contribution is -2.26. The highest BCUT2D eigenvalue weighted by atomic mass is 35.5. The summed E-state index contributed by atoms with van der Waals surface area (Å²) < 4.78 is 27.6. The quantitative estimate of drug-likeness (QED) is 0.888. The maximum atomic E-state index is 13.9. The Bertz CT molecular complexity index is 672. The fourth-order valence-corrected chi connectivity index (χ4v) is 3.04. The summed E-state index contributed by atoms with van der Waals surface area (Å²) in [4.78, 5) is 0. The van der Waals surface area contributed by atoms with Gasteiger partial charge in [0.15, 0.2) is 0 Å². The van der Waals surface area contributed by atoms with Gasteiger partial charge in [-0.2, -0.15) is 0 Å². The summed E-state index contributed by atoms with van der Waals surface area (Å²) in [6.45, 7) is 0. The zero-order valence-electron chi connectivity index (χ0n) is 10.7. The Balaban J connectivity index is 1.98. The van der Waals surface area contributed by atoms with Gasteiger partial charge in [0.25, 0.3) is 0 Å². The first-order valence-electron chi connectivity index (χ1n) is 6.44. The van der Waals surface area contributed by atoms with Crippen molar-refractivity contribution < 1.29 is 13.9 Å². The Morgan fingerprint density at radius 2 is 1.95 bits per heavy atom. The molecular formula is C16H13ClF2O. The third kappa shape index (κ3) is 2.21. The molecule has 0 aromatic heterocycles. The predicted molar refractivity (Wildman–Crippen MR) is 73.7 cm³/mol. The normalized spacial score (nSPS) is 21.0. The van der Waals surface area contributed by atoms with E-state index >= 15 is 0 Å². The Kier molecular flexibility index (Phi) is 3.27. The van der Waals surface area contributed by atoms with Gasteiger partial charge in [-0.05, 0) is 47.7 Å². The highest BCUT2D eigenvalue weighted by Gasteiger charge is 2.38. The fourth-order valence-electron chi connectivity index (χ4n) is 2.88. The third-order valence-corrected chi connectivity index (χ3v) is 4.14. The van der Waals surface area contributed by atoms with Crippen LogP contribution in [0.15, 0.2) is 36.4 Å². The van der Waals surface area contributed by atoms with Crippen LogP contribution in [-0.4, -0.2) is 5.11 Å². The Morgan fingerprint density at radius 3 is 2.70 bits per heavy atom. The van der Waals surface area contributed by atoms with E-state index in [0.29, 0.717) is 34.6 Å². The molecule has 1 aliphatic carbocycles. The summed E-state index contributed by atoms with van der Waals surface area (Å²) in [5.74, 6) is -0.759. The number of halogens is 3. The molecule has 0 amide bonds. The van der Waals surface area contributed by atoms with Crippen LogP contribution in [0.2, 0.25) is 5.02 Å². The van der Waals surface area contributed by atoms with Crippen molar-refractivity contribution in [1.29, 1.82) is 0 Å². The molecule has 0 bridgehead atoms. The van der Waals surface area contributed by atoms with Crippen molar-refractivity contribution in [3.8, 4) is 0 Å². The average molecular weight is 295 g/mol. The van der Waals surface area contributed by atoms with E-state index in [-0.39, 0.29) is 12.2 Å². The number of benzene rings is 2. The molecule has 3 rings (SSSR count). The molecule has 0 fully saturated rings. The van der Waals surface area contributed by atoms with Crippen LogP contribution in [0.3, 0.4) is 0 Å². The highest BCUT2D eigenvalue weighted by Crippen LogP contribution is 2.40. The number of rotatable bonds is 2. The summed E-state index contributed by atoms with van der Waals surface area (Å²) >= 11 is 5.72. The largest absolute Gasteiger partial charge is 0.385 e. The number of aliphatic hydroxyl groups is 1. The molecule has 1 unspecified atom stereocenters. The second kappa shape index (κ2) is 4.83. The van der Waals surface area contributed by atoms with Gasteiger partial charge in [0, 0.05) is 11.4 Å². The first-order chi connectivity index (χ1) is 9.49. The van der Waals surface area contributed by atoms with Gasteiger partial charge >= 0.3 is 0 Å². The van der Waals surface area contributed by atoms with Gasteiger partial charge in [-0.1, -0.05) is 29.8 Å². The molecule has 2 aromatic carbocycles. The van der Waals surface area contributed by atoms with Gasteiger partial charge in [0.1, 0.15) is 11.6 Å². The Morgan fingerprint density at radius 1 is 1.15 bits per heavy atom. The van der Waals surface area contributed by atoms with E-state index in [9.17, 15) is 13.9 Å². The van der Waals surface area contributed by atoms with Crippen LogP contribution in [0, 0.1) is 11.6 Å². The monoisotopic (exact) mass is 294 g/mol. The molecule has 0 saturated heterocycles. The zero-order chi connectivity index (χ0) is 14.3. The van der Waals surface area contributed by atoms with Gasteiger partial charge in [-0.25, -0.2) is 8.78 Å². The van der Waals surface area contributed by atoms with E-state index < -0.39 is 11.4 Å². The minimum Gasteiger partial charge on any atom is -0.385 e. The van der Waals surface area contributed by atoms with Crippen molar-refractivity contribution >= 4 is 11.6 Å². The van der Waals surface area contributed by atoms with Crippen LogP contribution in [-0.2, 0) is 18.4 Å². The molecule has 0 spiro atoms. The van der Waals surface area contributed by atoms with Crippen molar-refractivity contribution in [1.82, 2.24) is 0 Å². The maximum absolute atomic E-state index is 13.9. The predicted octanol–water partition coefficient (Wildman–Crippen LogP) is 3.99. The smallest absolute Gasteiger partial charge is 0.127 e. The molecular weight excluding hydrogens is 282 g/mol. The molecule has 4 heteroatoms. The van der Waals surface area contributed by atoms with Gasteiger partial charge in [-0.3, -0.25) is 0 Å². The molecule has 1 nitrogen and oxygen atoms in total. The van der Waals surface area contributed by atoms with Crippen LogP contribution in [0.4, 0.5) is 8.78 Å². The summed E-state index contributed by atoms with van der Waals surface area (Å²) in [5.41, 5.74) is 0.261. The van der Waals surface area contributed by atoms with Crippen molar-refractivity contribution in [2.45, 2.75) is 24.9 Å². The third-order valence-electron chi connectivity index (χ3n) is 3.91. The average Bonchev–Trinajstić information content (AvgIpc) is 2.73. The van der Waals surface area contributed by atoms with E-state index in [1.165, 1.54) is 12.1 Å². The molecule has 0 heterocycles. The van der Waals surface area contributed by atoms with E-state index in [4.69, 9.17) is 11.6 Å². The zero-order valence-corrected chi connectivity index (χ0v) is 11.4. The molecule has 1 aliphatic rings. The molecule has 104 valence electrons. The molecule has 20 heavy (non-hydrogen) atoms. The number of fused-ring (bicyclic) bond motifs is 1. The molecule has 1 N–H and O–H groups in total. The first kappa shape index (κ1) is 13.5. The van der Waals surface area contributed by atoms with Gasteiger partial charge < -0.3 is 5.11 Å². The SMILES string of the molecule is OC1(Cc2ccc(Cl)cc2F)CCc2c(F)cccc21. The lowest BCUT2D eigenvalue weighted by molar-refractivity contribution is 0.0381. The minimum atomic E-state index is -1.22. The highest BCUT2D eigenvalue weighted by molar-refractivity contribution is 6.30. The number of hydrogen-bond donors (Lipinski definition) is 1. The lowest BCUT2D eigenvalue weighted by Gasteiger charge is -2.24. The lowest BCUT2D eigenvalue weighted by atomic mass is 9.88. The minimum absolute atomic E-state index is 0.118. The summed E-state index contributed by atoms with van der Waals surface area (Å²) in [6.07, 6.45) is 0.978. The summed E-state index contributed by atoms with van der Waals surface area (Å²) in [6, 6.07) is 9.04. The molecule has 1 atom stereocenters. The molecule has 0 aliphatic heterocycles. The van der Waals surface area contributed by atoms with Crippen LogP contribution in [0.1, 0.15) is 23.1 Å². The molecule has 2 aromatic rings. The Hall–Kier alpha value is -1.45. The Labute approximate surface area is 120 Å². The summed E-state index contributed by atoms with van der Waals surface area (Å²) in [7, 11) is 0. The maximum Gasteiger partial charge on any atom is 0.127 e. The standard InChI is InChI=1S/C16H13ClF2O/c17-11-5-4-10(15(19)8-11)9-16(20)7-6-12-13(16)2-1-3-14(12)18/h1-5,8,20H,6-7,9H2. The van der Waals surface area contributed by atoms with Gasteiger partial charge in [-0.15, -0.1) is 0 Å². The van der Waals surface area contributed by atoms with Crippen molar-refractivity contribution in [3.63, 3.8) is 0 Å². The van der Waals surface area contributed by atoms with Crippen molar-refractivity contribution in [2.75, 3.05) is 0 Å². The molecule has 0 saturated carbocycles. The van der Waals surface area contributed by atoms with E-state index in [2.05, 4.69) is 0 Å². The fraction of sp³-hybridized carbons (Fsp3) is 0.250. The van der Waals surface area contributed by atoms with E-state index in [1.54, 1.807) is 24.3 Å².